The first kappa shape index (κ1) is 32.5. The van der Waals surface area contributed by atoms with Gasteiger partial charge in [0.15, 0.2) is 11.6 Å². The Morgan fingerprint density at radius 2 is 0.875 bits per heavy atom. The molecule has 2 unspecified atom stereocenters. The van der Waals surface area contributed by atoms with E-state index in [1.54, 1.807) is 0 Å². The van der Waals surface area contributed by atoms with Crippen molar-refractivity contribution in [3.8, 4) is 56.2 Å². The van der Waals surface area contributed by atoms with E-state index in [1.807, 2.05) is 6.07 Å². The number of hydrogen-bond donors (Lipinski definition) is 0. The molecule has 7 aromatic carbocycles. The minimum Gasteiger partial charge on any atom is -0.212 e. The molecule has 11 rings (SSSR count). The van der Waals surface area contributed by atoms with Gasteiger partial charge in [0, 0.05) is 17.0 Å². The lowest BCUT2D eigenvalue weighted by Crippen LogP contribution is -2.25. The molecule has 3 heteroatoms. The number of hydrogen-bond acceptors (Lipinski definition) is 3. The van der Waals surface area contributed by atoms with Crippen LogP contribution in [0.5, 0.6) is 0 Å². The monoisotopic (exact) mass is 715 g/mol. The molecule has 1 heterocycles. The maximum atomic E-state index is 5.34. The van der Waals surface area contributed by atoms with Crippen molar-refractivity contribution in [3.63, 3.8) is 0 Å². The summed E-state index contributed by atoms with van der Waals surface area (Å²) in [6.45, 7) is 2.26. The van der Waals surface area contributed by atoms with E-state index < -0.39 is 5.41 Å². The van der Waals surface area contributed by atoms with Gasteiger partial charge in [0.2, 0.25) is 0 Å². The fraction of sp³-hybridized carbons (Fsp3) is 0.0755. The molecular formula is C53H37N3. The van der Waals surface area contributed by atoms with Gasteiger partial charge in [0.1, 0.15) is 5.82 Å². The number of nitrogens with zero attached hydrogens (tertiary/aromatic N) is 3. The molecule has 0 amide bonds. The average Bonchev–Trinajstić information content (AvgIpc) is 3.74. The zero-order valence-corrected chi connectivity index (χ0v) is 31.0. The first-order chi connectivity index (χ1) is 27.7. The van der Waals surface area contributed by atoms with Gasteiger partial charge in [-0.15, -0.1) is 0 Å². The van der Waals surface area contributed by atoms with Crippen LogP contribution in [-0.4, -0.2) is 15.0 Å². The smallest absolute Gasteiger partial charge is 0.163 e. The van der Waals surface area contributed by atoms with Crippen LogP contribution in [0.3, 0.4) is 0 Å². The second kappa shape index (κ2) is 12.8. The first-order valence-corrected chi connectivity index (χ1v) is 19.5. The molecule has 0 radical (unpaired) electrons. The van der Waals surface area contributed by atoms with Gasteiger partial charge >= 0.3 is 0 Å². The van der Waals surface area contributed by atoms with Crippen LogP contribution < -0.4 is 0 Å². The molecule has 1 spiro atoms. The highest BCUT2D eigenvalue weighted by molar-refractivity contribution is 5.95. The standard InChI is InChI=1S/C53H37N3/c1-34-32-39(36-16-6-3-7-17-36)28-30-41(34)52-55-50(38-26-24-37(25-27-38)35-14-4-2-5-15-35)54-51(56-52)40-29-31-45-44-20-10-13-23-48(44)53(49(45)33-40)46-21-11-8-18-42(46)43-19-9-12-22-47(43)53/h2-34,41H,1H3. The summed E-state index contributed by atoms with van der Waals surface area (Å²) >= 11 is 0. The fourth-order valence-corrected chi connectivity index (χ4v) is 9.45. The predicted octanol–water partition coefficient (Wildman–Crippen LogP) is 12.6. The van der Waals surface area contributed by atoms with Crippen LogP contribution in [0.25, 0.3) is 61.7 Å². The van der Waals surface area contributed by atoms with E-state index in [2.05, 4.69) is 195 Å². The van der Waals surface area contributed by atoms with E-state index in [-0.39, 0.29) is 11.8 Å². The fourth-order valence-electron chi connectivity index (χ4n) is 9.45. The molecule has 0 bridgehead atoms. The zero-order valence-electron chi connectivity index (χ0n) is 31.0. The molecule has 1 aromatic heterocycles. The summed E-state index contributed by atoms with van der Waals surface area (Å²) < 4.78 is 0. The molecule has 3 nitrogen and oxygen atoms in total. The molecule has 3 aliphatic rings. The summed E-state index contributed by atoms with van der Waals surface area (Å²) in [4.78, 5) is 15.9. The van der Waals surface area contributed by atoms with Gasteiger partial charge in [-0.3, -0.25) is 0 Å². The zero-order chi connectivity index (χ0) is 37.2. The number of benzene rings is 7. The van der Waals surface area contributed by atoms with Crippen molar-refractivity contribution in [2.45, 2.75) is 18.3 Å². The predicted molar refractivity (Wildman–Crippen MR) is 228 cm³/mol. The van der Waals surface area contributed by atoms with Crippen molar-refractivity contribution in [2.24, 2.45) is 5.92 Å². The number of fused-ring (bicyclic) bond motifs is 10. The quantitative estimate of drug-likeness (QED) is 0.178. The highest BCUT2D eigenvalue weighted by Crippen LogP contribution is 2.63. The highest BCUT2D eigenvalue weighted by Gasteiger charge is 2.51. The second-order valence-electron chi connectivity index (χ2n) is 15.2. The molecule has 3 aliphatic carbocycles. The number of allylic oxidation sites excluding steroid dienone is 4. The van der Waals surface area contributed by atoms with E-state index in [0.717, 1.165) is 22.5 Å². The second-order valence-corrected chi connectivity index (χ2v) is 15.2. The van der Waals surface area contributed by atoms with Crippen molar-refractivity contribution in [3.05, 3.63) is 228 Å². The van der Waals surface area contributed by atoms with Gasteiger partial charge in [0.05, 0.1) is 5.41 Å². The van der Waals surface area contributed by atoms with Gasteiger partial charge in [-0.05, 0) is 78.8 Å². The van der Waals surface area contributed by atoms with Gasteiger partial charge in [-0.1, -0.05) is 195 Å². The molecule has 0 N–H and O–H groups in total. The molecular weight excluding hydrogens is 679 g/mol. The summed E-state index contributed by atoms with van der Waals surface area (Å²) in [6.07, 6.45) is 6.85. The Morgan fingerprint density at radius 1 is 0.411 bits per heavy atom. The Morgan fingerprint density at radius 3 is 1.46 bits per heavy atom. The molecule has 2 atom stereocenters. The van der Waals surface area contributed by atoms with Crippen molar-refractivity contribution < 1.29 is 0 Å². The van der Waals surface area contributed by atoms with Crippen molar-refractivity contribution >= 4 is 5.57 Å². The molecule has 264 valence electrons. The van der Waals surface area contributed by atoms with E-state index in [0.29, 0.717) is 11.6 Å². The Labute approximate surface area is 327 Å². The summed E-state index contributed by atoms with van der Waals surface area (Å²) in [5.74, 6) is 2.31. The largest absolute Gasteiger partial charge is 0.212 e. The van der Waals surface area contributed by atoms with E-state index in [1.165, 1.54) is 61.2 Å². The minimum absolute atomic E-state index is 0.00911. The normalized spacial score (nSPS) is 16.8. The number of aromatic nitrogens is 3. The summed E-state index contributed by atoms with van der Waals surface area (Å²) in [5, 5.41) is 0. The molecule has 8 aromatic rings. The molecule has 0 saturated carbocycles. The van der Waals surface area contributed by atoms with Crippen LogP contribution in [0.15, 0.2) is 194 Å². The van der Waals surface area contributed by atoms with E-state index in [9.17, 15) is 0 Å². The van der Waals surface area contributed by atoms with Crippen molar-refractivity contribution in [1.29, 1.82) is 0 Å². The Hall–Kier alpha value is -6.97. The van der Waals surface area contributed by atoms with Crippen LogP contribution in [0, 0.1) is 5.92 Å². The van der Waals surface area contributed by atoms with Gasteiger partial charge in [-0.25, -0.2) is 15.0 Å². The van der Waals surface area contributed by atoms with Gasteiger partial charge in [0.25, 0.3) is 0 Å². The minimum atomic E-state index is -0.444. The molecule has 56 heavy (non-hydrogen) atoms. The van der Waals surface area contributed by atoms with Crippen LogP contribution in [0.2, 0.25) is 0 Å². The third-order valence-corrected chi connectivity index (χ3v) is 12.1. The van der Waals surface area contributed by atoms with Crippen LogP contribution in [0.4, 0.5) is 0 Å². The number of rotatable bonds is 5. The van der Waals surface area contributed by atoms with Gasteiger partial charge in [-0.2, -0.15) is 0 Å². The first-order valence-electron chi connectivity index (χ1n) is 19.5. The maximum absolute atomic E-state index is 5.34. The van der Waals surface area contributed by atoms with Crippen LogP contribution in [-0.2, 0) is 5.41 Å². The summed E-state index contributed by atoms with van der Waals surface area (Å²) in [6, 6.07) is 63.3. The van der Waals surface area contributed by atoms with Gasteiger partial charge < -0.3 is 0 Å². The molecule has 0 fully saturated rings. The van der Waals surface area contributed by atoms with Crippen molar-refractivity contribution in [2.75, 3.05) is 0 Å². The third-order valence-electron chi connectivity index (χ3n) is 12.1. The summed E-state index contributed by atoms with van der Waals surface area (Å²) in [7, 11) is 0. The lowest BCUT2D eigenvalue weighted by molar-refractivity contribution is 0.602. The van der Waals surface area contributed by atoms with E-state index in [4.69, 9.17) is 15.0 Å². The van der Waals surface area contributed by atoms with E-state index >= 15 is 0 Å². The Kier molecular flexibility index (Phi) is 7.43. The Balaban J connectivity index is 1.08. The SMILES string of the molecule is CC1C=C(c2ccccc2)C=CC1c1nc(-c2ccc(-c3ccccc3)cc2)nc(-c2ccc3c(c2)C2(c4ccccc4-c4ccccc42)c2ccccc2-3)n1. The third kappa shape index (κ3) is 4.94. The van der Waals surface area contributed by atoms with Crippen LogP contribution in [0.1, 0.15) is 46.5 Å². The Bertz CT molecular complexity index is 2810. The van der Waals surface area contributed by atoms with Crippen LogP contribution >= 0.6 is 0 Å². The lowest BCUT2D eigenvalue weighted by atomic mass is 9.70. The average molecular weight is 716 g/mol. The maximum Gasteiger partial charge on any atom is 0.163 e. The van der Waals surface area contributed by atoms with Crippen molar-refractivity contribution in [1.82, 2.24) is 15.0 Å². The molecule has 0 saturated heterocycles. The topological polar surface area (TPSA) is 38.7 Å². The highest BCUT2D eigenvalue weighted by atomic mass is 15.0. The lowest BCUT2D eigenvalue weighted by Gasteiger charge is -2.30. The summed E-state index contributed by atoms with van der Waals surface area (Å²) in [5.41, 5.74) is 16.6. The molecule has 0 aliphatic heterocycles.